The minimum Gasteiger partial charge on any atom is -0.494 e. The lowest BCUT2D eigenvalue weighted by Crippen LogP contribution is -1.88. The Bertz CT molecular complexity index is 573. The van der Waals surface area contributed by atoms with Crippen molar-refractivity contribution in [1.82, 2.24) is 0 Å². The van der Waals surface area contributed by atoms with Crippen LogP contribution in [0.4, 0.5) is 0 Å². The summed E-state index contributed by atoms with van der Waals surface area (Å²) in [4.78, 5) is 2.19. The minimum absolute atomic E-state index is 0.788. The summed E-state index contributed by atoms with van der Waals surface area (Å²) >= 11 is 15.7. The average molecular weight is 562 g/mol. The fourth-order valence-electron chi connectivity index (χ4n) is 1.72. The third-order valence-electron chi connectivity index (χ3n) is 2.59. The molecule has 0 radical (unpaired) electrons. The highest BCUT2D eigenvalue weighted by Crippen LogP contribution is 2.42. The molecule has 7 heteroatoms. The lowest BCUT2D eigenvalue weighted by Gasteiger charge is -2.11. The predicted octanol–water partition coefficient (Wildman–Crippen LogP) is 6.91. The Balaban J connectivity index is 2.35. The molecule has 0 fully saturated rings. The van der Waals surface area contributed by atoms with E-state index in [1.54, 1.807) is 26.0 Å². The molecule has 2 aromatic carbocycles. The van der Waals surface area contributed by atoms with Gasteiger partial charge in [-0.1, -0.05) is 11.8 Å². The Hall–Kier alpha value is 0.310. The van der Waals surface area contributed by atoms with E-state index in [1.165, 1.54) is 0 Å². The quantitative estimate of drug-likeness (QED) is 0.404. The fraction of sp³-hybridized carbons (Fsp3) is 0.143. The molecule has 0 atom stereocenters. The Morgan fingerprint density at radius 3 is 1.19 bits per heavy atom. The van der Waals surface area contributed by atoms with Gasteiger partial charge in [-0.15, -0.1) is 0 Å². The summed E-state index contributed by atoms with van der Waals surface area (Å²) in [7, 11) is 3.30. The highest BCUT2D eigenvalue weighted by atomic mass is 79.9. The van der Waals surface area contributed by atoms with E-state index < -0.39 is 0 Å². The minimum atomic E-state index is 0.788. The lowest BCUT2D eigenvalue weighted by atomic mass is 10.3. The van der Waals surface area contributed by atoms with Gasteiger partial charge in [-0.2, -0.15) is 0 Å². The standard InChI is InChI=1S/C14H10Br4O2S/c1-19-13-9(15)3-7(4-10(13)16)21-8-5-11(17)14(20-2)12(18)6-8/h3-6H,1-2H3. The maximum absolute atomic E-state index is 5.31. The van der Waals surface area contributed by atoms with Gasteiger partial charge in [0.25, 0.3) is 0 Å². The number of hydrogen-bond donors (Lipinski definition) is 0. The topological polar surface area (TPSA) is 18.5 Å². The number of ether oxygens (including phenoxy) is 2. The van der Waals surface area contributed by atoms with Crippen LogP contribution in [0.5, 0.6) is 11.5 Å². The molecule has 0 spiro atoms. The van der Waals surface area contributed by atoms with Crippen molar-refractivity contribution in [3.8, 4) is 11.5 Å². The van der Waals surface area contributed by atoms with Crippen molar-refractivity contribution < 1.29 is 9.47 Å². The molecule has 0 amide bonds. The molecule has 2 aromatic rings. The van der Waals surface area contributed by atoms with E-state index in [-0.39, 0.29) is 0 Å². The van der Waals surface area contributed by atoms with Gasteiger partial charge < -0.3 is 9.47 Å². The third kappa shape index (κ3) is 4.19. The van der Waals surface area contributed by atoms with Crippen LogP contribution in [0.2, 0.25) is 0 Å². The summed E-state index contributed by atoms with van der Waals surface area (Å²) in [5.74, 6) is 1.58. The van der Waals surface area contributed by atoms with Crippen LogP contribution < -0.4 is 9.47 Å². The molecule has 0 aromatic heterocycles. The molecule has 2 nitrogen and oxygen atoms in total. The number of benzene rings is 2. The van der Waals surface area contributed by atoms with Crippen LogP contribution >= 0.6 is 75.5 Å². The zero-order valence-electron chi connectivity index (χ0n) is 11.0. The monoisotopic (exact) mass is 558 g/mol. The summed E-state index contributed by atoms with van der Waals surface area (Å²) in [6.45, 7) is 0. The first-order chi connectivity index (χ1) is 9.96. The second-order valence-electron chi connectivity index (χ2n) is 3.94. The van der Waals surface area contributed by atoms with Crippen molar-refractivity contribution in [3.05, 3.63) is 42.2 Å². The Labute approximate surface area is 161 Å². The average Bonchev–Trinajstić information content (AvgIpc) is 2.38. The largest absolute Gasteiger partial charge is 0.494 e. The molecule has 0 aliphatic heterocycles. The molecule has 0 N–H and O–H groups in total. The van der Waals surface area contributed by atoms with E-state index in [0.29, 0.717) is 0 Å². The molecule has 0 aliphatic carbocycles. The van der Waals surface area contributed by atoms with Gasteiger partial charge in [0.15, 0.2) is 0 Å². The van der Waals surface area contributed by atoms with Gasteiger partial charge in [-0.05, 0) is 88.0 Å². The van der Waals surface area contributed by atoms with E-state index in [1.807, 2.05) is 24.3 Å². The first-order valence-electron chi connectivity index (χ1n) is 5.70. The maximum Gasteiger partial charge on any atom is 0.147 e. The zero-order chi connectivity index (χ0) is 15.6. The molecule has 21 heavy (non-hydrogen) atoms. The molecule has 0 saturated carbocycles. The summed E-state index contributed by atoms with van der Waals surface area (Å²) in [5.41, 5.74) is 0. The second-order valence-corrected chi connectivity index (χ2v) is 8.51. The molecule has 112 valence electrons. The van der Waals surface area contributed by atoms with Crippen LogP contribution in [0.15, 0.2) is 51.9 Å². The van der Waals surface area contributed by atoms with E-state index in [9.17, 15) is 0 Å². The molecule has 0 bridgehead atoms. The molecule has 2 rings (SSSR count). The van der Waals surface area contributed by atoms with E-state index >= 15 is 0 Å². The van der Waals surface area contributed by atoms with Gasteiger partial charge in [0.1, 0.15) is 11.5 Å². The van der Waals surface area contributed by atoms with Crippen molar-refractivity contribution in [2.75, 3.05) is 14.2 Å². The normalized spacial score (nSPS) is 10.6. The van der Waals surface area contributed by atoms with Gasteiger partial charge in [0, 0.05) is 9.79 Å². The van der Waals surface area contributed by atoms with Crippen LogP contribution in [-0.4, -0.2) is 14.2 Å². The molecule has 0 aliphatic rings. The Kier molecular flexibility index (Phi) is 6.50. The van der Waals surface area contributed by atoms with Crippen molar-refractivity contribution in [3.63, 3.8) is 0 Å². The lowest BCUT2D eigenvalue weighted by molar-refractivity contribution is 0.409. The van der Waals surface area contributed by atoms with Crippen molar-refractivity contribution in [1.29, 1.82) is 0 Å². The van der Waals surface area contributed by atoms with E-state index in [4.69, 9.17) is 9.47 Å². The van der Waals surface area contributed by atoms with E-state index in [0.717, 1.165) is 39.2 Å². The van der Waals surface area contributed by atoms with Crippen LogP contribution in [0.25, 0.3) is 0 Å². The van der Waals surface area contributed by atoms with Gasteiger partial charge in [-0.3, -0.25) is 0 Å². The Morgan fingerprint density at radius 2 is 0.952 bits per heavy atom. The molecular weight excluding hydrogens is 552 g/mol. The van der Waals surface area contributed by atoms with Gasteiger partial charge in [0.05, 0.1) is 32.1 Å². The third-order valence-corrected chi connectivity index (χ3v) is 5.89. The van der Waals surface area contributed by atoms with Gasteiger partial charge in [-0.25, -0.2) is 0 Å². The second kappa shape index (κ2) is 7.73. The first-order valence-corrected chi connectivity index (χ1v) is 9.69. The zero-order valence-corrected chi connectivity index (χ0v) is 18.2. The van der Waals surface area contributed by atoms with Crippen LogP contribution in [0.3, 0.4) is 0 Å². The van der Waals surface area contributed by atoms with Gasteiger partial charge >= 0.3 is 0 Å². The van der Waals surface area contributed by atoms with Crippen molar-refractivity contribution >= 4 is 75.5 Å². The van der Waals surface area contributed by atoms with Gasteiger partial charge in [0.2, 0.25) is 0 Å². The van der Waals surface area contributed by atoms with E-state index in [2.05, 4.69) is 63.7 Å². The highest BCUT2D eigenvalue weighted by molar-refractivity contribution is 9.11. The van der Waals surface area contributed by atoms with Crippen LogP contribution in [-0.2, 0) is 0 Å². The summed E-state index contributed by atoms with van der Waals surface area (Å²) < 4.78 is 14.3. The summed E-state index contributed by atoms with van der Waals surface area (Å²) in [6, 6.07) is 8.11. The number of methoxy groups -OCH3 is 2. The fourth-order valence-corrected chi connectivity index (χ4v) is 6.32. The number of hydrogen-bond acceptors (Lipinski definition) is 3. The molecule has 0 saturated heterocycles. The van der Waals surface area contributed by atoms with Crippen LogP contribution in [0.1, 0.15) is 0 Å². The number of halogens is 4. The van der Waals surface area contributed by atoms with Crippen molar-refractivity contribution in [2.24, 2.45) is 0 Å². The summed E-state index contributed by atoms with van der Waals surface area (Å²) in [5, 5.41) is 0. The van der Waals surface area contributed by atoms with Crippen molar-refractivity contribution in [2.45, 2.75) is 9.79 Å². The Morgan fingerprint density at radius 1 is 0.667 bits per heavy atom. The first kappa shape index (κ1) is 17.7. The predicted molar refractivity (Wildman–Crippen MR) is 101 cm³/mol. The molecule has 0 unspecified atom stereocenters. The smallest absolute Gasteiger partial charge is 0.147 e. The van der Waals surface area contributed by atoms with Crippen LogP contribution in [0, 0.1) is 0 Å². The molecular formula is C14H10Br4O2S. The highest BCUT2D eigenvalue weighted by Gasteiger charge is 2.12. The summed E-state index contributed by atoms with van der Waals surface area (Å²) in [6.07, 6.45) is 0. The SMILES string of the molecule is COc1c(Br)cc(Sc2cc(Br)c(OC)c(Br)c2)cc1Br. The number of rotatable bonds is 4. The molecule has 0 heterocycles. The maximum atomic E-state index is 5.31.